The number of pyridine rings is 1. The lowest BCUT2D eigenvalue weighted by Gasteiger charge is -2.10. The summed E-state index contributed by atoms with van der Waals surface area (Å²) in [5.41, 5.74) is 1.64. The van der Waals surface area contributed by atoms with Gasteiger partial charge in [0.15, 0.2) is 0 Å². The lowest BCUT2D eigenvalue weighted by molar-refractivity contribution is 0.436. The van der Waals surface area contributed by atoms with Crippen LogP contribution >= 0.6 is 15.9 Å². The molecule has 0 bridgehead atoms. The van der Waals surface area contributed by atoms with Crippen molar-refractivity contribution in [2.45, 2.75) is 13.8 Å². The van der Waals surface area contributed by atoms with E-state index in [0.717, 1.165) is 10.0 Å². The Kier molecular flexibility index (Phi) is 3.33. The molecule has 0 atom stereocenters. The third-order valence-corrected chi connectivity index (χ3v) is 2.89. The van der Waals surface area contributed by atoms with E-state index in [2.05, 4.69) is 20.9 Å². The number of rotatable bonds is 2. The van der Waals surface area contributed by atoms with Gasteiger partial charge in [-0.15, -0.1) is 0 Å². The Morgan fingerprint density at radius 2 is 2.06 bits per heavy atom. The molecule has 0 aliphatic rings. The summed E-state index contributed by atoms with van der Waals surface area (Å²) in [6.45, 7) is 3.73. The monoisotopic (exact) mass is 293 g/mol. The molecular formula is C13H12BrNO2. The van der Waals surface area contributed by atoms with Crippen molar-refractivity contribution in [2.24, 2.45) is 0 Å². The molecule has 0 amide bonds. The number of hydrogen-bond donors (Lipinski definition) is 1. The summed E-state index contributed by atoms with van der Waals surface area (Å²) in [6, 6.07) is 7.11. The number of hydrogen-bond acceptors (Lipinski definition) is 3. The third kappa shape index (κ3) is 2.58. The van der Waals surface area contributed by atoms with Gasteiger partial charge in [-0.25, -0.2) is 4.98 Å². The Labute approximate surface area is 108 Å². The van der Waals surface area contributed by atoms with Crippen LogP contribution in [0.25, 0.3) is 0 Å². The van der Waals surface area contributed by atoms with Gasteiger partial charge >= 0.3 is 0 Å². The molecule has 1 aromatic heterocycles. The molecule has 3 nitrogen and oxygen atoms in total. The first-order valence-corrected chi connectivity index (χ1v) is 5.96. The fourth-order valence-corrected chi connectivity index (χ4v) is 1.90. The van der Waals surface area contributed by atoms with E-state index < -0.39 is 0 Å². The van der Waals surface area contributed by atoms with Crippen molar-refractivity contribution in [2.75, 3.05) is 0 Å². The van der Waals surface area contributed by atoms with Crippen LogP contribution in [0.2, 0.25) is 0 Å². The smallest absolute Gasteiger partial charge is 0.222 e. The van der Waals surface area contributed by atoms with E-state index >= 15 is 0 Å². The fourth-order valence-electron chi connectivity index (χ4n) is 1.45. The minimum absolute atomic E-state index is 0.220. The van der Waals surface area contributed by atoms with Crippen molar-refractivity contribution in [1.29, 1.82) is 0 Å². The van der Waals surface area contributed by atoms with Crippen LogP contribution in [-0.4, -0.2) is 10.1 Å². The number of halogens is 1. The highest BCUT2D eigenvalue weighted by Crippen LogP contribution is 2.31. The second-order valence-corrected chi connectivity index (χ2v) is 4.69. The van der Waals surface area contributed by atoms with E-state index in [4.69, 9.17) is 4.74 Å². The van der Waals surface area contributed by atoms with Crippen LogP contribution in [0.4, 0.5) is 0 Å². The third-order valence-electron chi connectivity index (χ3n) is 2.46. The molecule has 0 unspecified atom stereocenters. The first-order chi connectivity index (χ1) is 8.08. The average molecular weight is 294 g/mol. The molecule has 1 heterocycles. The van der Waals surface area contributed by atoms with E-state index in [1.807, 2.05) is 13.0 Å². The van der Waals surface area contributed by atoms with Gasteiger partial charge in [0.2, 0.25) is 5.88 Å². The predicted octanol–water partition coefficient (Wildman–Crippen LogP) is 3.96. The zero-order chi connectivity index (χ0) is 12.4. The molecule has 1 N–H and O–H groups in total. The zero-order valence-electron chi connectivity index (χ0n) is 9.57. The molecule has 0 radical (unpaired) electrons. The molecule has 17 heavy (non-hydrogen) atoms. The van der Waals surface area contributed by atoms with Crippen LogP contribution in [0.15, 0.2) is 34.9 Å². The Balaban J connectivity index is 2.35. The summed E-state index contributed by atoms with van der Waals surface area (Å²) >= 11 is 3.35. The van der Waals surface area contributed by atoms with E-state index in [1.54, 1.807) is 31.3 Å². The SMILES string of the molecule is Cc1cc(Br)cnc1Oc1cccc(O)c1C. The molecule has 4 heteroatoms. The van der Waals surface area contributed by atoms with Crippen LogP contribution < -0.4 is 4.74 Å². The summed E-state index contributed by atoms with van der Waals surface area (Å²) in [5.74, 6) is 1.38. The van der Waals surface area contributed by atoms with Crippen molar-refractivity contribution in [1.82, 2.24) is 4.98 Å². The lowest BCUT2D eigenvalue weighted by Crippen LogP contribution is -1.93. The Morgan fingerprint density at radius 1 is 1.29 bits per heavy atom. The number of nitrogens with zero attached hydrogens (tertiary/aromatic N) is 1. The van der Waals surface area contributed by atoms with Crippen molar-refractivity contribution in [3.05, 3.63) is 46.1 Å². The molecule has 88 valence electrons. The highest BCUT2D eigenvalue weighted by Gasteiger charge is 2.08. The molecule has 1 aromatic carbocycles. The summed E-state index contributed by atoms with van der Waals surface area (Å²) in [4.78, 5) is 4.19. The van der Waals surface area contributed by atoms with Gasteiger partial charge in [-0.1, -0.05) is 6.07 Å². The van der Waals surface area contributed by atoms with Crippen molar-refractivity contribution in [3.63, 3.8) is 0 Å². The van der Waals surface area contributed by atoms with Gasteiger partial charge in [0.05, 0.1) is 0 Å². The first kappa shape index (κ1) is 11.9. The maximum Gasteiger partial charge on any atom is 0.222 e. The Bertz CT molecular complexity index is 555. The number of phenols is 1. The van der Waals surface area contributed by atoms with E-state index in [1.165, 1.54) is 0 Å². The summed E-state index contributed by atoms with van der Waals surface area (Å²) in [5, 5.41) is 9.58. The molecule has 0 saturated heterocycles. The Morgan fingerprint density at radius 3 is 2.76 bits per heavy atom. The largest absolute Gasteiger partial charge is 0.508 e. The minimum atomic E-state index is 0.220. The summed E-state index contributed by atoms with van der Waals surface area (Å²) in [7, 11) is 0. The molecule has 0 fully saturated rings. The number of phenolic OH excluding ortho intramolecular Hbond substituents is 1. The van der Waals surface area contributed by atoms with Gasteiger partial charge in [0, 0.05) is 21.8 Å². The molecule has 0 saturated carbocycles. The van der Waals surface area contributed by atoms with E-state index in [9.17, 15) is 5.11 Å². The van der Waals surface area contributed by atoms with E-state index in [-0.39, 0.29) is 5.75 Å². The van der Waals surface area contributed by atoms with Crippen LogP contribution in [0, 0.1) is 13.8 Å². The minimum Gasteiger partial charge on any atom is -0.508 e. The number of benzene rings is 1. The van der Waals surface area contributed by atoms with Crippen LogP contribution in [0.1, 0.15) is 11.1 Å². The van der Waals surface area contributed by atoms with Crippen LogP contribution in [0.3, 0.4) is 0 Å². The van der Waals surface area contributed by atoms with Crippen molar-refractivity contribution >= 4 is 15.9 Å². The summed E-state index contributed by atoms with van der Waals surface area (Å²) in [6.07, 6.45) is 1.68. The second kappa shape index (κ2) is 4.75. The normalized spacial score (nSPS) is 10.3. The van der Waals surface area contributed by atoms with Gasteiger partial charge in [0.25, 0.3) is 0 Å². The van der Waals surface area contributed by atoms with Gasteiger partial charge in [-0.3, -0.25) is 0 Å². The quantitative estimate of drug-likeness (QED) is 0.911. The zero-order valence-corrected chi connectivity index (χ0v) is 11.2. The van der Waals surface area contributed by atoms with E-state index in [0.29, 0.717) is 17.2 Å². The first-order valence-electron chi connectivity index (χ1n) is 5.16. The molecule has 2 rings (SSSR count). The van der Waals surface area contributed by atoms with Gasteiger partial charge in [0.1, 0.15) is 11.5 Å². The van der Waals surface area contributed by atoms with Crippen molar-refractivity contribution in [3.8, 4) is 17.4 Å². The lowest BCUT2D eigenvalue weighted by atomic mass is 10.2. The highest BCUT2D eigenvalue weighted by molar-refractivity contribution is 9.10. The molecular weight excluding hydrogens is 282 g/mol. The number of ether oxygens (including phenoxy) is 1. The predicted molar refractivity (Wildman–Crippen MR) is 69.6 cm³/mol. The van der Waals surface area contributed by atoms with Gasteiger partial charge < -0.3 is 9.84 Å². The average Bonchev–Trinajstić information content (AvgIpc) is 2.28. The second-order valence-electron chi connectivity index (χ2n) is 3.78. The van der Waals surface area contributed by atoms with Gasteiger partial charge in [-0.05, 0) is 48.0 Å². The van der Waals surface area contributed by atoms with Crippen LogP contribution in [-0.2, 0) is 0 Å². The molecule has 0 spiro atoms. The number of aromatic hydroxyl groups is 1. The van der Waals surface area contributed by atoms with Gasteiger partial charge in [-0.2, -0.15) is 0 Å². The molecule has 2 aromatic rings. The topological polar surface area (TPSA) is 42.4 Å². The molecule has 0 aliphatic carbocycles. The number of aromatic nitrogens is 1. The highest BCUT2D eigenvalue weighted by atomic mass is 79.9. The van der Waals surface area contributed by atoms with Crippen molar-refractivity contribution < 1.29 is 9.84 Å². The molecule has 0 aliphatic heterocycles. The fraction of sp³-hybridized carbons (Fsp3) is 0.154. The summed E-state index contributed by atoms with van der Waals surface area (Å²) < 4.78 is 6.60. The Hall–Kier alpha value is -1.55. The number of aryl methyl sites for hydroxylation is 1. The van der Waals surface area contributed by atoms with Crippen LogP contribution in [0.5, 0.6) is 17.4 Å². The standard InChI is InChI=1S/C13H12BrNO2/c1-8-6-10(14)7-15-13(8)17-12-5-3-4-11(16)9(12)2/h3-7,16H,1-2H3. The maximum atomic E-state index is 9.58. The maximum absolute atomic E-state index is 9.58.